The van der Waals surface area contributed by atoms with Crippen molar-refractivity contribution < 1.29 is 27.8 Å². The van der Waals surface area contributed by atoms with E-state index < -0.39 is 33.7 Å². The minimum Gasteiger partial charge on any atom is -0.491 e. The Morgan fingerprint density at radius 3 is 2.45 bits per heavy atom. The van der Waals surface area contributed by atoms with E-state index in [1.807, 2.05) is 26.8 Å². The van der Waals surface area contributed by atoms with Gasteiger partial charge in [0.25, 0.3) is 5.91 Å². The molecule has 9 heteroatoms. The Labute approximate surface area is 224 Å². The van der Waals surface area contributed by atoms with Crippen LogP contribution in [0.3, 0.4) is 0 Å². The summed E-state index contributed by atoms with van der Waals surface area (Å²) in [5.74, 6) is 0.618. The lowest BCUT2D eigenvalue weighted by molar-refractivity contribution is -0.0603. The molecule has 0 aliphatic carbocycles. The number of carbonyl (C=O) groups excluding carboxylic acids is 1. The zero-order chi connectivity index (χ0) is 27.7. The van der Waals surface area contributed by atoms with Crippen molar-refractivity contribution in [2.45, 2.75) is 69.8 Å². The molecule has 8 nitrogen and oxygen atoms in total. The SMILES string of the molecule is CCc1ccc(S(=O)(=O)N[C@@H]2c3cc(C(=O)Nc4cccc(OC(C)C)c4)ccc3OC(C)(C)[C@H]2O)cc1. The number of aryl methyl sites for hydroxylation is 1. The number of aliphatic hydroxyl groups is 1. The van der Waals surface area contributed by atoms with Crippen molar-refractivity contribution >= 4 is 21.6 Å². The van der Waals surface area contributed by atoms with Crippen LogP contribution in [-0.4, -0.2) is 37.2 Å². The van der Waals surface area contributed by atoms with Crippen LogP contribution in [-0.2, 0) is 16.4 Å². The second-order valence-corrected chi connectivity index (χ2v) is 11.9. The monoisotopic (exact) mass is 538 g/mol. The average Bonchev–Trinajstić information content (AvgIpc) is 2.86. The summed E-state index contributed by atoms with van der Waals surface area (Å²) in [6, 6.07) is 17.4. The van der Waals surface area contributed by atoms with Crippen LogP contribution in [0.1, 0.15) is 62.1 Å². The Bertz CT molecular complexity index is 1420. The number of rotatable bonds is 8. The fraction of sp³-hybridized carbons (Fsp3) is 0.345. The fourth-order valence-electron chi connectivity index (χ4n) is 4.33. The molecule has 2 atom stereocenters. The molecule has 0 unspecified atom stereocenters. The molecule has 1 aliphatic heterocycles. The predicted molar refractivity (Wildman–Crippen MR) is 146 cm³/mol. The first-order chi connectivity index (χ1) is 17.9. The summed E-state index contributed by atoms with van der Waals surface area (Å²) in [5, 5.41) is 14.0. The van der Waals surface area contributed by atoms with Gasteiger partial charge in [0.2, 0.25) is 10.0 Å². The van der Waals surface area contributed by atoms with Gasteiger partial charge in [0.1, 0.15) is 23.2 Å². The average molecular weight is 539 g/mol. The molecule has 0 fully saturated rings. The summed E-state index contributed by atoms with van der Waals surface area (Å²) in [4.78, 5) is 13.2. The van der Waals surface area contributed by atoms with Crippen LogP contribution in [0, 0.1) is 0 Å². The van der Waals surface area contributed by atoms with Crippen LogP contribution >= 0.6 is 0 Å². The summed E-state index contributed by atoms with van der Waals surface area (Å²) in [7, 11) is -3.99. The van der Waals surface area contributed by atoms with Gasteiger partial charge in [-0.05, 0) is 82.1 Å². The quantitative estimate of drug-likeness (QED) is 0.378. The van der Waals surface area contributed by atoms with Gasteiger partial charge in [0.15, 0.2) is 0 Å². The lowest BCUT2D eigenvalue weighted by Gasteiger charge is -2.42. The van der Waals surface area contributed by atoms with Gasteiger partial charge in [-0.15, -0.1) is 0 Å². The lowest BCUT2D eigenvalue weighted by atomic mass is 9.86. The van der Waals surface area contributed by atoms with Crippen LogP contribution in [0.4, 0.5) is 5.69 Å². The summed E-state index contributed by atoms with van der Waals surface area (Å²) >= 11 is 0. The van der Waals surface area contributed by atoms with Gasteiger partial charge in [-0.1, -0.05) is 25.1 Å². The number of sulfonamides is 1. The highest BCUT2D eigenvalue weighted by atomic mass is 32.2. The van der Waals surface area contributed by atoms with Gasteiger partial charge in [-0.2, -0.15) is 0 Å². The van der Waals surface area contributed by atoms with Gasteiger partial charge in [0, 0.05) is 22.9 Å². The Kier molecular flexibility index (Phi) is 7.83. The summed E-state index contributed by atoms with van der Waals surface area (Å²) in [5.41, 5.74) is 1.14. The van der Waals surface area contributed by atoms with E-state index in [0.717, 1.165) is 12.0 Å². The van der Waals surface area contributed by atoms with Crippen molar-refractivity contribution in [3.8, 4) is 11.5 Å². The highest BCUT2D eigenvalue weighted by Crippen LogP contribution is 2.41. The van der Waals surface area contributed by atoms with E-state index in [2.05, 4.69) is 10.0 Å². The minimum absolute atomic E-state index is 0.0115. The number of hydrogen-bond donors (Lipinski definition) is 3. The number of aliphatic hydroxyl groups excluding tert-OH is 1. The Morgan fingerprint density at radius 2 is 1.79 bits per heavy atom. The van der Waals surface area contributed by atoms with Crippen LogP contribution in [0.25, 0.3) is 0 Å². The predicted octanol–water partition coefficient (Wildman–Crippen LogP) is 4.84. The van der Waals surface area contributed by atoms with Crippen LogP contribution in [0.15, 0.2) is 71.6 Å². The molecular formula is C29H34N2O6S. The van der Waals surface area contributed by atoms with Gasteiger partial charge in [-0.3, -0.25) is 4.79 Å². The van der Waals surface area contributed by atoms with E-state index >= 15 is 0 Å². The maximum Gasteiger partial charge on any atom is 0.255 e. The van der Waals surface area contributed by atoms with Crippen molar-refractivity contribution in [2.75, 3.05) is 5.32 Å². The van der Waals surface area contributed by atoms with Crippen molar-refractivity contribution in [1.29, 1.82) is 0 Å². The number of hydrogen-bond acceptors (Lipinski definition) is 6. The normalized spacial score (nSPS) is 18.4. The standard InChI is InChI=1S/C29H34N2O6S/c1-6-19-10-13-23(14-11-19)38(34,35)31-26-24-16-20(12-15-25(24)37-29(4,5)27(26)32)28(33)30-21-8-7-9-22(17-21)36-18(2)3/h7-18,26-27,31-32H,6H2,1-5H3,(H,30,33)/t26-,27+/m1/s1. The second kappa shape index (κ2) is 10.8. The Hall–Kier alpha value is -3.40. The van der Waals surface area contributed by atoms with Crippen molar-refractivity contribution in [2.24, 2.45) is 0 Å². The van der Waals surface area contributed by atoms with Crippen LogP contribution in [0.2, 0.25) is 0 Å². The maximum atomic E-state index is 13.3. The second-order valence-electron chi connectivity index (χ2n) is 10.1. The van der Waals surface area contributed by atoms with E-state index in [9.17, 15) is 18.3 Å². The number of anilines is 1. The van der Waals surface area contributed by atoms with E-state index in [0.29, 0.717) is 22.7 Å². The van der Waals surface area contributed by atoms with Crippen molar-refractivity contribution in [3.63, 3.8) is 0 Å². The molecule has 4 rings (SSSR count). The third kappa shape index (κ3) is 6.01. The van der Waals surface area contributed by atoms with Gasteiger partial charge in [-0.25, -0.2) is 13.1 Å². The number of ether oxygens (including phenoxy) is 2. The molecule has 1 aliphatic rings. The van der Waals surface area contributed by atoms with Crippen molar-refractivity contribution in [1.82, 2.24) is 4.72 Å². The zero-order valence-corrected chi connectivity index (χ0v) is 23.0. The molecular weight excluding hydrogens is 504 g/mol. The molecule has 38 heavy (non-hydrogen) atoms. The minimum atomic E-state index is -3.99. The number of amides is 1. The first-order valence-corrected chi connectivity index (χ1v) is 14.1. The number of nitrogens with one attached hydrogen (secondary N) is 2. The molecule has 202 valence electrons. The largest absolute Gasteiger partial charge is 0.491 e. The third-order valence-electron chi connectivity index (χ3n) is 6.40. The lowest BCUT2D eigenvalue weighted by Crippen LogP contribution is -2.53. The maximum absolute atomic E-state index is 13.3. The summed E-state index contributed by atoms with van der Waals surface area (Å²) < 4.78 is 40.9. The molecule has 0 aromatic heterocycles. The molecule has 0 radical (unpaired) electrons. The molecule has 1 heterocycles. The first kappa shape index (κ1) is 27.6. The summed E-state index contributed by atoms with van der Waals surface area (Å²) in [6.07, 6.45) is -0.445. The van der Waals surface area contributed by atoms with E-state index in [-0.39, 0.29) is 16.6 Å². The van der Waals surface area contributed by atoms with Gasteiger partial charge >= 0.3 is 0 Å². The highest BCUT2D eigenvalue weighted by Gasteiger charge is 2.44. The van der Waals surface area contributed by atoms with E-state index in [1.54, 1.807) is 74.5 Å². The fourth-order valence-corrected chi connectivity index (χ4v) is 5.55. The van der Waals surface area contributed by atoms with Crippen LogP contribution in [0.5, 0.6) is 11.5 Å². The third-order valence-corrected chi connectivity index (χ3v) is 7.85. The first-order valence-electron chi connectivity index (χ1n) is 12.6. The summed E-state index contributed by atoms with van der Waals surface area (Å²) in [6.45, 7) is 9.20. The van der Waals surface area contributed by atoms with Gasteiger partial charge in [0.05, 0.1) is 17.0 Å². The highest BCUT2D eigenvalue weighted by molar-refractivity contribution is 7.89. The molecule has 0 spiro atoms. The Balaban J connectivity index is 1.64. The molecule has 1 amide bonds. The van der Waals surface area contributed by atoms with Crippen LogP contribution < -0.4 is 19.5 Å². The molecule has 3 aromatic carbocycles. The Morgan fingerprint density at radius 1 is 1.08 bits per heavy atom. The van der Waals surface area contributed by atoms with E-state index in [4.69, 9.17) is 9.47 Å². The number of benzene rings is 3. The number of carbonyl (C=O) groups is 1. The van der Waals surface area contributed by atoms with Crippen molar-refractivity contribution in [3.05, 3.63) is 83.4 Å². The smallest absolute Gasteiger partial charge is 0.255 e. The zero-order valence-electron chi connectivity index (χ0n) is 22.2. The molecule has 3 N–H and O–H groups in total. The molecule has 0 bridgehead atoms. The van der Waals surface area contributed by atoms with Gasteiger partial charge < -0.3 is 19.9 Å². The molecule has 3 aromatic rings. The number of fused-ring (bicyclic) bond motifs is 1. The topological polar surface area (TPSA) is 114 Å². The molecule has 0 saturated carbocycles. The van der Waals surface area contributed by atoms with E-state index in [1.165, 1.54) is 0 Å². The molecule has 0 saturated heterocycles.